The van der Waals surface area contributed by atoms with Crippen molar-refractivity contribution in [3.8, 4) is 11.5 Å². The number of para-hydroxylation sites is 1. The quantitative estimate of drug-likeness (QED) is 0.917. The molecule has 2 aromatic rings. The van der Waals surface area contributed by atoms with Gasteiger partial charge in [-0.15, -0.1) is 0 Å². The van der Waals surface area contributed by atoms with E-state index < -0.39 is 11.9 Å². The van der Waals surface area contributed by atoms with Crippen LogP contribution < -0.4 is 14.4 Å². The number of hydrogen-bond donors (Lipinski definition) is 1. The Morgan fingerprint density at radius 2 is 1.79 bits per heavy atom. The average Bonchev–Trinajstić information content (AvgIpc) is 3.00. The number of anilines is 1. The number of hydrogen-bond acceptors (Lipinski definition) is 4. The Kier molecular flexibility index (Phi) is 3.37. The zero-order valence-electron chi connectivity index (χ0n) is 12.8. The SMILES string of the molecule is O=C(O)C1CN(C(=O)c2ccc3c(c2)OCCO3)c2ccccc21. The molecule has 1 atom stereocenters. The number of carboxylic acid groups (broad SMARTS) is 1. The molecule has 0 saturated heterocycles. The molecule has 0 radical (unpaired) electrons. The van der Waals surface area contributed by atoms with Crippen LogP contribution in [0.25, 0.3) is 0 Å². The minimum Gasteiger partial charge on any atom is -0.486 e. The van der Waals surface area contributed by atoms with E-state index in [4.69, 9.17) is 9.47 Å². The van der Waals surface area contributed by atoms with Crippen LogP contribution in [0, 0.1) is 0 Å². The maximum atomic E-state index is 12.9. The summed E-state index contributed by atoms with van der Waals surface area (Å²) in [4.78, 5) is 25.9. The van der Waals surface area contributed by atoms with E-state index in [1.807, 2.05) is 0 Å². The van der Waals surface area contributed by atoms with Gasteiger partial charge in [0.05, 0.1) is 0 Å². The van der Waals surface area contributed by atoms with Gasteiger partial charge in [-0.2, -0.15) is 0 Å². The first kappa shape index (κ1) is 14.6. The van der Waals surface area contributed by atoms with Gasteiger partial charge in [-0.1, -0.05) is 18.2 Å². The average molecular weight is 325 g/mol. The van der Waals surface area contributed by atoms with Gasteiger partial charge in [-0.05, 0) is 29.8 Å². The van der Waals surface area contributed by atoms with Gasteiger partial charge in [0.15, 0.2) is 11.5 Å². The van der Waals surface area contributed by atoms with Crippen LogP contribution in [0.3, 0.4) is 0 Å². The van der Waals surface area contributed by atoms with Crippen molar-refractivity contribution in [2.75, 3.05) is 24.7 Å². The molecule has 2 aliphatic heterocycles. The van der Waals surface area contributed by atoms with Crippen molar-refractivity contribution in [1.29, 1.82) is 0 Å². The topological polar surface area (TPSA) is 76.1 Å². The van der Waals surface area contributed by atoms with Crippen LogP contribution in [0.5, 0.6) is 11.5 Å². The standard InChI is InChI=1S/C18H15NO5/c20-17(11-5-6-15-16(9-11)24-8-7-23-15)19-10-13(18(21)22)12-3-1-2-4-14(12)19/h1-6,9,13H,7-8,10H2,(H,21,22). The van der Waals surface area contributed by atoms with Crippen LogP contribution in [0.1, 0.15) is 21.8 Å². The summed E-state index contributed by atoms with van der Waals surface area (Å²) in [6.45, 7) is 1.06. The first-order valence-electron chi connectivity index (χ1n) is 7.68. The molecule has 1 N–H and O–H groups in total. The number of rotatable bonds is 2. The summed E-state index contributed by atoms with van der Waals surface area (Å²) >= 11 is 0. The molecule has 2 aliphatic rings. The Morgan fingerprint density at radius 1 is 1.04 bits per heavy atom. The molecule has 2 heterocycles. The second-order valence-corrected chi connectivity index (χ2v) is 5.72. The first-order valence-corrected chi connectivity index (χ1v) is 7.68. The number of nitrogens with zero attached hydrogens (tertiary/aromatic N) is 1. The molecular formula is C18H15NO5. The van der Waals surface area contributed by atoms with Crippen molar-refractivity contribution in [2.24, 2.45) is 0 Å². The molecule has 0 bridgehead atoms. The van der Waals surface area contributed by atoms with E-state index in [1.165, 1.54) is 4.90 Å². The van der Waals surface area contributed by atoms with Gasteiger partial charge in [-0.3, -0.25) is 9.59 Å². The van der Waals surface area contributed by atoms with Crippen LogP contribution in [-0.4, -0.2) is 36.7 Å². The van der Waals surface area contributed by atoms with E-state index in [0.29, 0.717) is 41.5 Å². The lowest BCUT2D eigenvalue weighted by atomic mass is 10.0. The van der Waals surface area contributed by atoms with Crippen LogP contribution in [0.2, 0.25) is 0 Å². The summed E-state index contributed by atoms with van der Waals surface area (Å²) in [6, 6.07) is 12.1. The molecule has 24 heavy (non-hydrogen) atoms. The molecule has 0 aliphatic carbocycles. The highest BCUT2D eigenvalue weighted by atomic mass is 16.6. The third-order valence-corrected chi connectivity index (χ3v) is 4.30. The predicted molar refractivity (Wildman–Crippen MR) is 85.9 cm³/mol. The Labute approximate surface area is 138 Å². The molecule has 0 spiro atoms. The fourth-order valence-electron chi connectivity index (χ4n) is 3.14. The minimum absolute atomic E-state index is 0.127. The Morgan fingerprint density at radius 3 is 2.58 bits per heavy atom. The van der Waals surface area contributed by atoms with E-state index >= 15 is 0 Å². The lowest BCUT2D eigenvalue weighted by molar-refractivity contribution is -0.138. The number of carbonyl (C=O) groups is 2. The van der Waals surface area contributed by atoms with Gasteiger partial charge in [0.2, 0.25) is 0 Å². The molecule has 6 nitrogen and oxygen atoms in total. The Bertz CT molecular complexity index is 832. The smallest absolute Gasteiger partial charge is 0.312 e. The molecule has 6 heteroatoms. The van der Waals surface area contributed by atoms with Crippen molar-refractivity contribution in [3.05, 3.63) is 53.6 Å². The molecule has 122 valence electrons. The van der Waals surface area contributed by atoms with Gasteiger partial charge in [0.1, 0.15) is 19.1 Å². The number of amides is 1. The second kappa shape index (κ2) is 5.56. The predicted octanol–water partition coefficient (Wildman–Crippen LogP) is 2.29. The monoisotopic (exact) mass is 325 g/mol. The van der Waals surface area contributed by atoms with Gasteiger partial charge < -0.3 is 19.5 Å². The molecule has 0 fully saturated rings. The molecule has 1 amide bonds. The number of aliphatic carboxylic acids is 1. The van der Waals surface area contributed by atoms with Crippen LogP contribution >= 0.6 is 0 Å². The van der Waals surface area contributed by atoms with Gasteiger partial charge in [0, 0.05) is 17.8 Å². The van der Waals surface area contributed by atoms with Crippen molar-refractivity contribution in [2.45, 2.75) is 5.92 Å². The molecule has 4 rings (SSSR count). The summed E-state index contributed by atoms with van der Waals surface area (Å²) in [7, 11) is 0. The van der Waals surface area contributed by atoms with Gasteiger partial charge in [0.25, 0.3) is 5.91 Å². The van der Waals surface area contributed by atoms with E-state index in [0.717, 1.165) is 0 Å². The van der Waals surface area contributed by atoms with E-state index in [1.54, 1.807) is 42.5 Å². The lowest BCUT2D eigenvalue weighted by Gasteiger charge is -2.21. The number of benzene rings is 2. The summed E-state index contributed by atoms with van der Waals surface area (Å²) in [5.41, 5.74) is 1.75. The summed E-state index contributed by atoms with van der Waals surface area (Å²) in [5, 5.41) is 9.41. The number of carbonyl (C=O) groups excluding carboxylic acids is 1. The van der Waals surface area contributed by atoms with Crippen LogP contribution in [-0.2, 0) is 4.79 Å². The van der Waals surface area contributed by atoms with Crippen LogP contribution in [0.4, 0.5) is 5.69 Å². The Balaban J connectivity index is 1.69. The maximum absolute atomic E-state index is 12.9. The molecule has 0 aromatic heterocycles. The summed E-state index contributed by atoms with van der Waals surface area (Å²) in [5.74, 6) is -0.733. The highest BCUT2D eigenvalue weighted by Crippen LogP contribution is 2.38. The van der Waals surface area contributed by atoms with Gasteiger partial charge in [-0.25, -0.2) is 0 Å². The highest BCUT2D eigenvalue weighted by molar-refractivity contribution is 6.09. The van der Waals surface area contributed by atoms with E-state index in [9.17, 15) is 14.7 Å². The Hall–Kier alpha value is -3.02. The third-order valence-electron chi connectivity index (χ3n) is 4.30. The van der Waals surface area contributed by atoms with Crippen molar-refractivity contribution in [3.63, 3.8) is 0 Å². The molecule has 2 aromatic carbocycles. The minimum atomic E-state index is -0.931. The summed E-state index contributed by atoms with van der Waals surface area (Å²) in [6.07, 6.45) is 0. The summed E-state index contributed by atoms with van der Waals surface area (Å²) < 4.78 is 11.0. The third kappa shape index (κ3) is 2.27. The van der Waals surface area contributed by atoms with Crippen molar-refractivity contribution in [1.82, 2.24) is 0 Å². The van der Waals surface area contributed by atoms with Crippen LogP contribution in [0.15, 0.2) is 42.5 Å². The van der Waals surface area contributed by atoms with E-state index in [-0.39, 0.29) is 12.5 Å². The number of ether oxygens (including phenoxy) is 2. The first-order chi connectivity index (χ1) is 11.6. The normalized spacial score (nSPS) is 18.2. The zero-order valence-corrected chi connectivity index (χ0v) is 12.8. The van der Waals surface area contributed by atoms with Crippen molar-refractivity contribution >= 4 is 17.6 Å². The van der Waals surface area contributed by atoms with Gasteiger partial charge >= 0.3 is 5.97 Å². The van der Waals surface area contributed by atoms with Crippen molar-refractivity contribution < 1.29 is 24.2 Å². The molecule has 1 unspecified atom stereocenters. The second-order valence-electron chi connectivity index (χ2n) is 5.72. The number of fused-ring (bicyclic) bond motifs is 2. The largest absolute Gasteiger partial charge is 0.486 e. The molecular weight excluding hydrogens is 310 g/mol. The van der Waals surface area contributed by atoms with E-state index in [2.05, 4.69) is 0 Å². The maximum Gasteiger partial charge on any atom is 0.312 e. The molecule has 0 saturated carbocycles. The zero-order chi connectivity index (χ0) is 16.7. The fourth-order valence-corrected chi connectivity index (χ4v) is 3.14. The highest BCUT2D eigenvalue weighted by Gasteiger charge is 2.36. The number of carboxylic acids is 1. The lowest BCUT2D eigenvalue weighted by Crippen LogP contribution is -2.31. The fraction of sp³-hybridized carbons (Fsp3) is 0.222.